The number of para-hydroxylation sites is 1. The first kappa shape index (κ1) is 24.3. The summed E-state index contributed by atoms with van der Waals surface area (Å²) in [7, 11) is 0. The molecule has 2 N–H and O–H groups in total. The number of carbonyl (C=O) groups excluding carboxylic acids is 3. The summed E-state index contributed by atoms with van der Waals surface area (Å²) in [6.07, 6.45) is 1.47. The lowest BCUT2D eigenvalue weighted by Gasteiger charge is -2.12. The van der Waals surface area contributed by atoms with Crippen molar-refractivity contribution in [2.75, 3.05) is 11.9 Å². The van der Waals surface area contributed by atoms with Crippen molar-refractivity contribution in [3.63, 3.8) is 0 Å². The van der Waals surface area contributed by atoms with Crippen molar-refractivity contribution < 1.29 is 27.9 Å². The molecule has 0 aromatic heterocycles. The predicted molar refractivity (Wildman–Crippen MR) is 133 cm³/mol. The second-order valence-electron chi connectivity index (χ2n) is 7.48. The molecule has 1 heterocycles. The molecule has 0 atom stereocenters. The molecule has 1 aliphatic rings. The van der Waals surface area contributed by atoms with Crippen LogP contribution >= 0.6 is 22.6 Å². The fourth-order valence-corrected chi connectivity index (χ4v) is 3.97. The van der Waals surface area contributed by atoms with Crippen LogP contribution in [0.25, 0.3) is 6.08 Å². The highest BCUT2D eigenvalue weighted by atomic mass is 127. The minimum atomic E-state index is -0.760. The van der Waals surface area contributed by atoms with Gasteiger partial charge in [-0.2, -0.15) is 0 Å². The summed E-state index contributed by atoms with van der Waals surface area (Å²) in [5, 5.41) is 4.78. The Morgan fingerprint density at radius 3 is 2.46 bits per heavy atom. The number of anilines is 1. The maximum atomic E-state index is 13.8. The lowest BCUT2D eigenvalue weighted by atomic mass is 10.2. The molecule has 1 saturated heterocycles. The predicted octanol–water partition coefficient (Wildman–Crippen LogP) is 4.68. The average Bonchev–Trinajstić information content (AvgIpc) is 3.08. The van der Waals surface area contributed by atoms with E-state index in [2.05, 4.69) is 33.2 Å². The summed E-state index contributed by atoms with van der Waals surface area (Å²) in [6, 6.07) is 16.2. The van der Waals surface area contributed by atoms with Gasteiger partial charge in [0.1, 0.15) is 36.2 Å². The largest absolute Gasteiger partial charge is 0.488 e. The van der Waals surface area contributed by atoms with Crippen molar-refractivity contribution in [3.8, 4) is 5.75 Å². The highest BCUT2D eigenvalue weighted by Crippen LogP contribution is 2.25. The van der Waals surface area contributed by atoms with E-state index >= 15 is 0 Å². The first-order valence-electron chi connectivity index (χ1n) is 10.4. The van der Waals surface area contributed by atoms with Gasteiger partial charge in [-0.3, -0.25) is 9.59 Å². The Labute approximate surface area is 212 Å². The smallest absolute Gasteiger partial charge is 0.329 e. The summed E-state index contributed by atoms with van der Waals surface area (Å²) in [6.45, 7) is -0.516. The van der Waals surface area contributed by atoms with E-state index in [1.165, 1.54) is 30.3 Å². The first-order chi connectivity index (χ1) is 16.8. The SMILES string of the molecule is O=C(CN1C(=O)N/C(=C/c2ccc(OCc3ccccc3F)c(I)c2)C1=O)Nc1ccccc1F. The molecule has 178 valence electrons. The van der Waals surface area contributed by atoms with Crippen LogP contribution in [-0.2, 0) is 16.2 Å². The third-order valence-corrected chi connectivity index (χ3v) is 5.86. The van der Waals surface area contributed by atoms with Crippen molar-refractivity contribution in [1.29, 1.82) is 0 Å². The molecule has 35 heavy (non-hydrogen) atoms. The molecular formula is C25H18F2IN3O4. The van der Waals surface area contributed by atoms with Crippen LogP contribution in [0.1, 0.15) is 11.1 Å². The van der Waals surface area contributed by atoms with E-state index in [0.717, 1.165) is 4.90 Å². The van der Waals surface area contributed by atoms with Gasteiger partial charge in [0.25, 0.3) is 5.91 Å². The van der Waals surface area contributed by atoms with E-state index in [0.29, 0.717) is 20.4 Å². The van der Waals surface area contributed by atoms with Gasteiger partial charge >= 0.3 is 6.03 Å². The number of benzene rings is 3. The number of nitrogens with one attached hydrogen (secondary N) is 2. The van der Waals surface area contributed by atoms with E-state index in [4.69, 9.17) is 4.74 Å². The molecule has 1 fully saturated rings. The third kappa shape index (κ3) is 5.83. The van der Waals surface area contributed by atoms with Crippen LogP contribution in [0.4, 0.5) is 19.3 Å². The monoisotopic (exact) mass is 589 g/mol. The van der Waals surface area contributed by atoms with Gasteiger partial charge in [-0.1, -0.05) is 36.4 Å². The van der Waals surface area contributed by atoms with Crippen LogP contribution in [-0.4, -0.2) is 29.3 Å². The van der Waals surface area contributed by atoms with Crippen LogP contribution in [0, 0.1) is 15.2 Å². The molecule has 7 nitrogen and oxygen atoms in total. The van der Waals surface area contributed by atoms with E-state index in [1.807, 2.05) is 0 Å². The maximum absolute atomic E-state index is 13.8. The molecule has 4 rings (SSSR count). The molecule has 0 unspecified atom stereocenters. The molecule has 0 bridgehead atoms. The number of hydrogen-bond acceptors (Lipinski definition) is 4. The maximum Gasteiger partial charge on any atom is 0.329 e. The zero-order valence-corrected chi connectivity index (χ0v) is 20.2. The Hall–Kier alpha value is -3.80. The van der Waals surface area contributed by atoms with Crippen molar-refractivity contribution in [1.82, 2.24) is 10.2 Å². The lowest BCUT2D eigenvalue weighted by molar-refractivity contribution is -0.127. The van der Waals surface area contributed by atoms with Crippen LogP contribution in [0.2, 0.25) is 0 Å². The molecule has 0 radical (unpaired) electrons. The number of rotatable bonds is 7. The molecule has 4 amide bonds. The van der Waals surface area contributed by atoms with Gasteiger partial charge in [-0.25, -0.2) is 18.5 Å². The Bertz CT molecular complexity index is 1350. The summed E-state index contributed by atoms with van der Waals surface area (Å²) >= 11 is 2.05. The van der Waals surface area contributed by atoms with Gasteiger partial charge in [0.05, 0.1) is 9.26 Å². The number of carbonyl (C=O) groups is 3. The summed E-state index contributed by atoms with van der Waals surface area (Å²) in [5.74, 6) is -1.86. The number of imide groups is 1. The summed E-state index contributed by atoms with van der Waals surface area (Å²) in [5.41, 5.74) is 0.971. The quantitative estimate of drug-likeness (QED) is 0.238. The molecule has 1 aliphatic heterocycles. The first-order valence-corrected chi connectivity index (χ1v) is 11.4. The van der Waals surface area contributed by atoms with Crippen LogP contribution < -0.4 is 15.4 Å². The average molecular weight is 589 g/mol. The molecule has 3 aromatic rings. The van der Waals surface area contributed by atoms with Gasteiger partial charge in [0.15, 0.2) is 0 Å². The zero-order valence-electron chi connectivity index (χ0n) is 18.1. The standard InChI is InChI=1S/C25H18F2IN3O4/c26-17-6-2-1-5-16(17)14-35-22-10-9-15(11-19(22)28)12-21-24(33)31(25(34)30-21)13-23(32)29-20-8-4-3-7-18(20)27/h1-12H,13-14H2,(H,29,32)(H,30,34)/b21-12+. The number of ether oxygens (including phenoxy) is 1. The number of amides is 4. The van der Waals surface area contributed by atoms with Crippen LogP contribution in [0.5, 0.6) is 5.75 Å². The molecule has 3 aromatic carbocycles. The fourth-order valence-electron chi connectivity index (χ4n) is 3.27. The van der Waals surface area contributed by atoms with Gasteiger partial charge in [-0.05, 0) is 64.6 Å². The van der Waals surface area contributed by atoms with Gasteiger partial charge in [0, 0.05) is 5.56 Å². The topological polar surface area (TPSA) is 87.7 Å². The Morgan fingerprint density at radius 2 is 1.74 bits per heavy atom. The van der Waals surface area contributed by atoms with Gasteiger partial charge < -0.3 is 15.4 Å². The molecule has 0 aliphatic carbocycles. The molecule has 0 spiro atoms. The van der Waals surface area contributed by atoms with E-state index in [9.17, 15) is 23.2 Å². The van der Waals surface area contributed by atoms with E-state index < -0.39 is 30.2 Å². The molecular weight excluding hydrogens is 571 g/mol. The minimum absolute atomic E-state index is 0.00971. The van der Waals surface area contributed by atoms with E-state index in [1.54, 1.807) is 42.5 Å². The Balaban J connectivity index is 1.41. The minimum Gasteiger partial charge on any atom is -0.488 e. The van der Waals surface area contributed by atoms with Crippen molar-refractivity contribution >= 4 is 52.2 Å². The summed E-state index contributed by atoms with van der Waals surface area (Å²) in [4.78, 5) is 37.9. The number of halogens is 3. The Kier molecular flexibility index (Phi) is 7.39. The highest BCUT2D eigenvalue weighted by molar-refractivity contribution is 14.1. The van der Waals surface area contributed by atoms with E-state index in [-0.39, 0.29) is 23.8 Å². The number of nitrogens with zero attached hydrogens (tertiary/aromatic N) is 1. The van der Waals surface area contributed by atoms with Crippen LogP contribution in [0.15, 0.2) is 72.4 Å². The second kappa shape index (κ2) is 10.6. The van der Waals surface area contributed by atoms with Crippen molar-refractivity contribution in [2.24, 2.45) is 0 Å². The van der Waals surface area contributed by atoms with Gasteiger partial charge in [0.2, 0.25) is 5.91 Å². The summed E-state index contributed by atoms with van der Waals surface area (Å²) < 4.78 is 33.9. The van der Waals surface area contributed by atoms with Crippen LogP contribution in [0.3, 0.4) is 0 Å². The second-order valence-corrected chi connectivity index (χ2v) is 8.64. The lowest BCUT2D eigenvalue weighted by Crippen LogP contribution is -2.38. The zero-order chi connectivity index (χ0) is 24.9. The fraction of sp³-hybridized carbons (Fsp3) is 0.0800. The Morgan fingerprint density at radius 1 is 1.03 bits per heavy atom. The van der Waals surface area contributed by atoms with Gasteiger partial charge in [-0.15, -0.1) is 0 Å². The molecule has 10 heteroatoms. The number of hydrogen-bond donors (Lipinski definition) is 2. The third-order valence-electron chi connectivity index (χ3n) is 5.02. The normalized spacial score (nSPS) is 14.3. The highest BCUT2D eigenvalue weighted by Gasteiger charge is 2.35. The van der Waals surface area contributed by atoms with Crippen molar-refractivity contribution in [3.05, 3.63) is 98.8 Å². The molecule has 0 saturated carbocycles. The number of urea groups is 1. The van der Waals surface area contributed by atoms with Crippen molar-refractivity contribution in [2.45, 2.75) is 6.61 Å².